The first-order valence-electron chi connectivity index (χ1n) is 5.49. The number of nitrogens with zero attached hydrogens (tertiary/aromatic N) is 1. The second-order valence-electron chi connectivity index (χ2n) is 4.08. The number of halogens is 1. The Morgan fingerprint density at radius 2 is 2.06 bits per heavy atom. The van der Waals surface area contributed by atoms with Crippen molar-refractivity contribution >= 4 is 17.0 Å². The number of aromatic nitrogens is 1. The molecule has 1 heterocycles. The number of hydrogen-bond acceptors (Lipinski definition) is 3. The minimum Gasteiger partial charge on any atom is -0.378 e. The van der Waals surface area contributed by atoms with Gasteiger partial charge in [0, 0.05) is 4.88 Å². The summed E-state index contributed by atoms with van der Waals surface area (Å²) in [5.74, 6) is -0.205. The van der Waals surface area contributed by atoms with Crippen molar-refractivity contribution in [1.29, 1.82) is 0 Å². The predicted molar refractivity (Wildman–Crippen MR) is 70.1 cm³/mol. The maximum absolute atomic E-state index is 13.6. The van der Waals surface area contributed by atoms with Gasteiger partial charge in [-0.3, -0.25) is 0 Å². The standard InChI is InChI=1S/C13H15FN2S/c1-8-4-5-12(11(14)6-8)15-7-13-9(2)16-10(3)17-13/h4-6,15H,7H2,1-3H3. The topological polar surface area (TPSA) is 24.9 Å². The van der Waals surface area contributed by atoms with Crippen LogP contribution in [0.2, 0.25) is 0 Å². The highest BCUT2D eigenvalue weighted by molar-refractivity contribution is 7.11. The molecule has 0 fully saturated rings. The molecule has 0 bridgehead atoms. The molecule has 0 aliphatic heterocycles. The lowest BCUT2D eigenvalue weighted by atomic mass is 10.2. The molecule has 0 spiro atoms. The van der Waals surface area contributed by atoms with Crippen LogP contribution < -0.4 is 5.32 Å². The van der Waals surface area contributed by atoms with Crippen molar-refractivity contribution in [3.63, 3.8) is 0 Å². The molecule has 0 saturated heterocycles. The van der Waals surface area contributed by atoms with Gasteiger partial charge >= 0.3 is 0 Å². The third-order valence-corrected chi connectivity index (χ3v) is 3.64. The first-order chi connectivity index (χ1) is 8.06. The van der Waals surface area contributed by atoms with Gasteiger partial charge in [0.15, 0.2) is 0 Å². The fraction of sp³-hybridized carbons (Fsp3) is 0.308. The Bertz CT molecular complexity index is 534. The molecule has 1 aromatic heterocycles. The molecule has 90 valence electrons. The highest BCUT2D eigenvalue weighted by atomic mass is 32.1. The van der Waals surface area contributed by atoms with Gasteiger partial charge in [0.1, 0.15) is 5.82 Å². The Morgan fingerprint density at radius 1 is 1.29 bits per heavy atom. The molecule has 1 aromatic carbocycles. The van der Waals surface area contributed by atoms with E-state index in [0.717, 1.165) is 21.1 Å². The number of anilines is 1. The van der Waals surface area contributed by atoms with E-state index in [2.05, 4.69) is 10.3 Å². The first kappa shape index (κ1) is 12.0. The van der Waals surface area contributed by atoms with E-state index < -0.39 is 0 Å². The summed E-state index contributed by atoms with van der Waals surface area (Å²) in [6, 6.07) is 5.21. The summed E-state index contributed by atoms with van der Waals surface area (Å²) in [4.78, 5) is 5.50. The van der Waals surface area contributed by atoms with Crippen LogP contribution in [0.4, 0.5) is 10.1 Å². The van der Waals surface area contributed by atoms with Gasteiger partial charge in [0.2, 0.25) is 0 Å². The van der Waals surface area contributed by atoms with Crippen LogP contribution in [0.3, 0.4) is 0 Å². The zero-order valence-electron chi connectivity index (χ0n) is 10.2. The van der Waals surface area contributed by atoms with E-state index in [1.54, 1.807) is 17.4 Å². The first-order valence-corrected chi connectivity index (χ1v) is 6.31. The second kappa shape index (κ2) is 4.84. The van der Waals surface area contributed by atoms with Gasteiger partial charge in [0.25, 0.3) is 0 Å². The molecular formula is C13H15FN2S. The Hall–Kier alpha value is -1.42. The molecule has 2 rings (SSSR count). The molecule has 0 aliphatic rings. The van der Waals surface area contributed by atoms with Gasteiger partial charge in [0.05, 0.1) is 22.9 Å². The molecule has 17 heavy (non-hydrogen) atoms. The molecule has 2 nitrogen and oxygen atoms in total. The second-order valence-corrected chi connectivity index (χ2v) is 5.37. The Labute approximate surface area is 105 Å². The van der Waals surface area contributed by atoms with E-state index in [9.17, 15) is 4.39 Å². The molecule has 0 aliphatic carbocycles. The highest BCUT2D eigenvalue weighted by Crippen LogP contribution is 2.20. The maximum Gasteiger partial charge on any atom is 0.146 e. The van der Waals surface area contributed by atoms with Crippen LogP contribution in [-0.2, 0) is 6.54 Å². The van der Waals surface area contributed by atoms with Crippen molar-refractivity contribution in [3.05, 3.63) is 45.2 Å². The van der Waals surface area contributed by atoms with Crippen molar-refractivity contribution in [2.45, 2.75) is 27.3 Å². The fourth-order valence-corrected chi connectivity index (χ4v) is 2.55. The Morgan fingerprint density at radius 3 is 2.65 bits per heavy atom. The quantitative estimate of drug-likeness (QED) is 0.895. The molecule has 2 aromatic rings. The zero-order chi connectivity index (χ0) is 12.4. The van der Waals surface area contributed by atoms with Crippen LogP contribution in [0.5, 0.6) is 0 Å². The summed E-state index contributed by atoms with van der Waals surface area (Å²) < 4.78 is 13.6. The third kappa shape index (κ3) is 2.82. The Balaban J connectivity index is 2.10. The summed E-state index contributed by atoms with van der Waals surface area (Å²) >= 11 is 1.65. The average Bonchev–Trinajstić information content (AvgIpc) is 2.56. The summed E-state index contributed by atoms with van der Waals surface area (Å²) in [7, 11) is 0. The molecule has 1 N–H and O–H groups in total. The van der Waals surface area contributed by atoms with Gasteiger partial charge in [-0.25, -0.2) is 9.37 Å². The minimum absolute atomic E-state index is 0.205. The summed E-state index contributed by atoms with van der Waals surface area (Å²) in [6.07, 6.45) is 0. The fourth-order valence-electron chi connectivity index (χ4n) is 1.68. The van der Waals surface area contributed by atoms with E-state index in [0.29, 0.717) is 12.2 Å². The lowest BCUT2D eigenvalue weighted by Crippen LogP contribution is -2.01. The number of nitrogens with one attached hydrogen (secondary N) is 1. The monoisotopic (exact) mass is 250 g/mol. The van der Waals surface area contributed by atoms with Gasteiger partial charge in [-0.15, -0.1) is 11.3 Å². The molecular weight excluding hydrogens is 235 g/mol. The maximum atomic E-state index is 13.6. The smallest absolute Gasteiger partial charge is 0.146 e. The molecule has 0 saturated carbocycles. The van der Waals surface area contributed by atoms with E-state index in [4.69, 9.17) is 0 Å². The summed E-state index contributed by atoms with van der Waals surface area (Å²) in [5.41, 5.74) is 2.49. The SMILES string of the molecule is Cc1ccc(NCc2sc(C)nc2C)c(F)c1. The van der Waals surface area contributed by atoms with Gasteiger partial charge in [-0.1, -0.05) is 6.07 Å². The average molecular weight is 250 g/mol. The Kier molecular flexibility index (Phi) is 3.43. The van der Waals surface area contributed by atoms with Crippen molar-refractivity contribution in [3.8, 4) is 0 Å². The summed E-state index contributed by atoms with van der Waals surface area (Å²) in [5, 5.41) is 4.15. The van der Waals surface area contributed by atoms with Crippen LogP contribution in [0.25, 0.3) is 0 Å². The highest BCUT2D eigenvalue weighted by Gasteiger charge is 2.06. The molecule has 0 atom stereocenters. The van der Waals surface area contributed by atoms with E-state index >= 15 is 0 Å². The minimum atomic E-state index is -0.205. The molecule has 0 amide bonds. The van der Waals surface area contributed by atoms with E-state index in [-0.39, 0.29) is 5.82 Å². The molecule has 0 unspecified atom stereocenters. The molecule has 4 heteroatoms. The van der Waals surface area contributed by atoms with Crippen molar-refractivity contribution in [2.75, 3.05) is 5.32 Å². The van der Waals surface area contributed by atoms with Crippen molar-refractivity contribution < 1.29 is 4.39 Å². The predicted octanol–water partition coefficient (Wildman–Crippen LogP) is 3.82. The van der Waals surface area contributed by atoms with Crippen LogP contribution in [0, 0.1) is 26.6 Å². The number of aryl methyl sites for hydroxylation is 3. The molecule has 0 radical (unpaired) electrons. The normalized spacial score (nSPS) is 10.6. The number of thiazole rings is 1. The van der Waals surface area contributed by atoms with Gasteiger partial charge in [-0.05, 0) is 38.5 Å². The third-order valence-electron chi connectivity index (χ3n) is 2.56. The van der Waals surface area contributed by atoms with E-state index in [1.807, 2.05) is 26.8 Å². The van der Waals surface area contributed by atoms with Crippen LogP contribution in [0.15, 0.2) is 18.2 Å². The largest absolute Gasteiger partial charge is 0.378 e. The summed E-state index contributed by atoms with van der Waals surface area (Å²) in [6.45, 7) is 6.46. The van der Waals surface area contributed by atoms with Gasteiger partial charge < -0.3 is 5.32 Å². The van der Waals surface area contributed by atoms with Crippen LogP contribution >= 0.6 is 11.3 Å². The lowest BCUT2D eigenvalue weighted by molar-refractivity contribution is 0.629. The number of hydrogen-bond donors (Lipinski definition) is 1. The van der Waals surface area contributed by atoms with Crippen LogP contribution in [-0.4, -0.2) is 4.98 Å². The van der Waals surface area contributed by atoms with Crippen molar-refractivity contribution in [2.24, 2.45) is 0 Å². The zero-order valence-corrected chi connectivity index (χ0v) is 11.0. The van der Waals surface area contributed by atoms with Crippen molar-refractivity contribution in [1.82, 2.24) is 4.98 Å². The van der Waals surface area contributed by atoms with Gasteiger partial charge in [-0.2, -0.15) is 0 Å². The number of benzene rings is 1. The van der Waals surface area contributed by atoms with Crippen LogP contribution in [0.1, 0.15) is 21.1 Å². The lowest BCUT2D eigenvalue weighted by Gasteiger charge is -2.07. The van der Waals surface area contributed by atoms with E-state index in [1.165, 1.54) is 6.07 Å². The number of rotatable bonds is 3.